The summed E-state index contributed by atoms with van der Waals surface area (Å²) in [5.74, 6) is 1.35. The number of halogens is 2. The van der Waals surface area contributed by atoms with E-state index in [4.69, 9.17) is 0 Å². The van der Waals surface area contributed by atoms with Crippen LogP contribution in [0, 0.1) is 11.8 Å². The molecule has 0 aromatic heterocycles. The Morgan fingerprint density at radius 3 is 1.21 bits per heavy atom. The van der Waals surface area contributed by atoms with Gasteiger partial charge in [0, 0.05) is 25.8 Å². The fourth-order valence-electron chi connectivity index (χ4n) is 1.58. The third-order valence-electron chi connectivity index (χ3n) is 2.20. The Morgan fingerprint density at radius 2 is 0.929 bits per heavy atom. The molecule has 0 aliphatic heterocycles. The summed E-state index contributed by atoms with van der Waals surface area (Å²) >= 11 is 0. The fourth-order valence-corrected chi connectivity index (χ4v) is 1.58. The van der Waals surface area contributed by atoms with Crippen LogP contribution in [0.3, 0.4) is 0 Å². The minimum absolute atomic E-state index is 0. The summed E-state index contributed by atoms with van der Waals surface area (Å²) in [6.07, 6.45) is 18.8. The molecule has 0 atom stereocenters. The van der Waals surface area contributed by atoms with Gasteiger partial charge in [-0.3, -0.25) is 0 Å². The quantitative estimate of drug-likeness (QED) is 0.241. The zero-order chi connectivity index (χ0) is 7.52. The van der Waals surface area contributed by atoms with Gasteiger partial charge in [-0.15, -0.1) is 0 Å². The standard InChI is InChI=1S/C11H12.Hf.2HI/c1-2-6-10(5-1)9-11-7-3-4-8-11;;;/h1-8,10-11H,9H2;;2*1H/p-2. The molecule has 0 saturated carbocycles. The van der Waals surface area contributed by atoms with Crippen LogP contribution >= 0.6 is 0 Å². The third kappa shape index (κ3) is 5.39. The Hall–Kier alpha value is 1.29. The average Bonchev–Trinajstić information content (AvgIpc) is 2.60. The zero-order valence-corrected chi connectivity index (χ0v) is 15.6. The van der Waals surface area contributed by atoms with Crippen LogP contribution in [-0.2, 0) is 25.8 Å². The molecular formula is C11H12HfI2-2. The second kappa shape index (κ2) is 9.51. The molecule has 2 rings (SSSR count). The monoisotopic (exact) mass is 578 g/mol. The van der Waals surface area contributed by atoms with Crippen molar-refractivity contribution >= 4 is 0 Å². The van der Waals surface area contributed by atoms with Crippen LogP contribution in [0.15, 0.2) is 48.6 Å². The number of hydrogen-bond acceptors (Lipinski definition) is 0. The molecule has 0 nitrogen and oxygen atoms in total. The molecule has 0 aromatic carbocycles. The summed E-state index contributed by atoms with van der Waals surface area (Å²) in [5.41, 5.74) is 0. The summed E-state index contributed by atoms with van der Waals surface area (Å²) < 4.78 is 0. The summed E-state index contributed by atoms with van der Waals surface area (Å²) in [5, 5.41) is 0. The topological polar surface area (TPSA) is 0 Å². The van der Waals surface area contributed by atoms with E-state index in [2.05, 4.69) is 48.6 Å². The van der Waals surface area contributed by atoms with Crippen molar-refractivity contribution in [2.75, 3.05) is 0 Å². The summed E-state index contributed by atoms with van der Waals surface area (Å²) in [7, 11) is 0. The zero-order valence-electron chi connectivity index (χ0n) is 7.74. The first-order valence-corrected chi connectivity index (χ1v) is 4.15. The maximum Gasteiger partial charge on any atom is 0 e. The van der Waals surface area contributed by atoms with E-state index < -0.39 is 0 Å². The van der Waals surface area contributed by atoms with E-state index in [0.29, 0.717) is 11.8 Å². The van der Waals surface area contributed by atoms with Gasteiger partial charge in [0.2, 0.25) is 0 Å². The molecule has 0 spiro atoms. The molecule has 0 saturated heterocycles. The number of hydrogen-bond donors (Lipinski definition) is 0. The molecule has 2 aliphatic carbocycles. The van der Waals surface area contributed by atoms with E-state index in [1.807, 2.05) is 0 Å². The van der Waals surface area contributed by atoms with Gasteiger partial charge in [0.15, 0.2) is 0 Å². The second-order valence-electron chi connectivity index (χ2n) is 3.10. The molecule has 76 valence electrons. The molecule has 0 fully saturated rings. The van der Waals surface area contributed by atoms with Gasteiger partial charge in [0.1, 0.15) is 0 Å². The van der Waals surface area contributed by atoms with E-state index in [9.17, 15) is 0 Å². The van der Waals surface area contributed by atoms with Crippen molar-refractivity contribution in [3.05, 3.63) is 48.6 Å². The van der Waals surface area contributed by atoms with Crippen LogP contribution in [0.25, 0.3) is 0 Å². The van der Waals surface area contributed by atoms with E-state index in [-0.39, 0.29) is 73.8 Å². The van der Waals surface area contributed by atoms with Crippen molar-refractivity contribution in [2.24, 2.45) is 11.8 Å². The van der Waals surface area contributed by atoms with Crippen molar-refractivity contribution in [3.63, 3.8) is 0 Å². The smallest absolute Gasteiger partial charge is 0 e. The Balaban J connectivity index is 0. The van der Waals surface area contributed by atoms with E-state index in [1.165, 1.54) is 6.42 Å². The molecule has 0 amide bonds. The Bertz CT molecular complexity index is 204. The third-order valence-corrected chi connectivity index (χ3v) is 2.20. The molecule has 2 aliphatic rings. The Morgan fingerprint density at radius 1 is 0.643 bits per heavy atom. The van der Waals surface area contributed by atoms with Crippen LogP contribution in [0.1, 0.15) is 6.42 Å². The van der Waals surface area contributed by atoms with Crippen LogP contribution in [0.4, 0.5) is 0 Å². The van der Waals surface area contributed by atoms with Crippen LogP contribution < -0.4 is 48.0 Å². The molecule has 3 heteroatoms. The van der Waals surface area contributed by atoms with Crippen molar-refractivity contribution < 1.29 is 73.8 Å². The van der Waals surface area contributed by atoms with Gasteiger partial charge in [-0.25, -0.2) is 0 Å². The second-order valence-corrected chi connectivity index (χ2v) is 3.10. The largest absolute Gasteiger partial charge is 1.00 e. The van der Waals surface area contributed by atoms with E-state index in [1.54, 1.807) is 0 Å². The van der Waals surface area contributed by atoms with Crippen LogP contribution in [-0.4, -0.2) is 0 Å². The molecule has 0 unspecified atom stereocenters. The molecule has 0 radical (unpaired) electrons. The Kier molecular flexibility index (Phi) is 12.0. The van der Waals surface area contributed by atoms with Gasteiger partial charge in [-0.2, -0.15) is 0 Å². The van der Waals surface area contributed by atoms with Gasteiger partial charge in [0.25, 0.3) is 0 Å². The van der Waals surface area contributed by atoms with Crippen molar-refractivity contribution in [3.8, 4) is 0 Å². The predicted molar refractivity (Wildman–Crippen MR) is 48.2 cm³/mol. The minimum Gasteiger partial charge on any atom is -1.00 e. The van der Waals surface area contributed by atoms with Gasteiger partial charge in [-0.1, -0.05) is 48.6 Å². The van der Waals surface area contributed by atoms with Crippen LogP contribution in [0.5, 0.6) is 0 Å². The van der Waals surface area contributed by atoms with Crippen molar-refractivity contribution in [1.82, 2.24) is 0 Å². The molecule has 0 aromatic rings. The maximum atomic E-state index is 2.26. The number of rotatable bonds is 2. The van der Waals surface area contributed by atoms with Gasteiger partial charge >= 0.3 is 0 Å². The summed E-state index contributed by atoms with van der Waals surface area (Å²) in [6.45, 7) is 0. The first kappa shape index (κ1) is 17.7. The van der Waals surface area contributed by atoms with E-state index >= 15 is 0 Å². The maximum absolute atomic E-state index is 2.26. The average molecular weight is 577 g/mol. The minimum atomic E-state index is 0. The molecule has 0 bridgehead atoms. The number of allylic oxidation sites excluding steroid dienone is 8. The summed E-state index contributed by atoms with van der Waals surface area (Å²) in [4.78, 5) is 0. The fraction of sp³-hybridized carbons (Fsp3) is 0.273. The molecule has 0 heterocycles. The van der Waals surface area contributed by atoms with Crippen molar-refractivity contribution in [2.45, 2.75) is 6.42 Å². The normalized spacial score (nSPS) is 17.7. The molecule has 0 N–H and O–H groups in total. The van der Waals surface area contributed by atoms with Gasteiger partial charge in [-0.05, 0) is 18.3 Å². The Labute approximate surface area is 139 Å². The van der Waals surface area contributed by atoms with Crippen LogP contribution in [0.2, 0.25) is 0 Å². The molecular weight excluding hydrogens is 564 g/mol. The first-order valence-electron chi connectivity index (χ1n) is 4.15. The van der Waals surface area contributed by atoms with Gasteiger partial charge in [0.05, 0.1) is 0 Å². The molecule has 14 heavy (non-hydrogen) atoms. The predicted octanol–water partition coefficient (Wildman–Crippen LogP) is -3.13. The SMILES string of the molecule is C1=CC(CC2C=CC=C2)C=C1.[Hf].[I-].[I-]. The first-order chi connectivity index (χ1) is 5.45. The summed E-state index contributed by atoms with van der Waals surface area (Å²) in [6, 6.07) is 0. The van der Waals surface area contributed by atoms with E-state index in [0.717, 1.165) is 0 Å². The van der Waals surface area contributed by atoms with Gasteiger partial charge < -0.3 is 48.0 Å². The van der Waals surface area contributed by atoms with Crippen molar-refractivity contribution in [1.29, 1.82) is 0 Å².